The molecule has 0 aliphatic carbocycles. The van der Waals surface area contributed by atoms with Crippen molar-refractivity contribution in [1.82, 2.24) is 28.9 Å². The van der Waals surface area contributed by atoms with E-state index in [0.29, 0.717) is 13.2 Å². The highest BCUT2D eigenvalue weighted by molar-refractivity contribution is 5.78. The number of aryl methyl sites for hydroxylation is 1. The van der Waals surface area contributed by atoms with E-state index in [4.69, 9.17) is 4.74 Å². The minimum Gasteiger partial charge on any atom is -0.493 e. The first-order valence-corrected chi connectivity index (χ1v) is 10.1. The second-order valence-electron chi connectivity index (χ2n) is 8.00. The van der Waals surface area contributed by atoms with E-state index in [0.717, 1.165) is 22.3 Å². The lowest BCUT2D eigenvalue weighted by atomic mass is 10.0. The van der Waals surface area contributed by atoms with Crippen molar-refractivity contribution in [3.8, 4) is 5.75 Å². The van der Waals surface area contributed by atoms with Crippen LogP contribution in [0.25, 0.3) is 11.2 Å². The lowest BCUT2D eigenvalue weighted by molar-refractivity contribution is -0.121. The number of imidazole rings is 1. The third-order valence-electron chi connectivity index (χ3n) is 5.75. The summed E-state index contributed by atoms with van der Waals surface area (Å²) >= 11 is 0. The summed E-state index contributed by atoms with van der Waals surface area (Å²) in [5.41, 5.74) is 1.83. The van der Waals surface area contributed by atoms with Crippen LogP contribution in [0.5, 0.6) is 5.75 Å². The van der Waals surface area contributed by atoms with Crippen LogP contribution in [0.3, 0.4) is 0 Å². The average Bonchev–Trinajstić information content (AvgIpc) is 3.37. The predicted octanol–water partition coefficient (Wildman–Crippen LogP) is -0.212. The first-order valence-electron chi connectivity index (χ1n) is 10.1. The Hall–Kier alpha value is -3.40. The number of amides is 1. The molecule has 2 aromatic heterocycles. The van der Waals surface area contributed by atoms with E-state index in [1.165, 1.54) is 28.1 Å². The minimum atomic E-state index is -0.477. The Morgan fingerprint density at radius 3 is 2.77 bits per heavy atom. The first-order chi connectivity index (χ1) is 14.8. The molecular weight excluding hydrogens is 400 g/mol. The van der Waals surface area contributed by atoms with E-state index < -0.39 is 11.2 Å². The molecule has 0 spiro atoms. The molecule has 0 bridgehead atoms. The van der Waals surface area contributed by atoms with Gasteiger partial charge in [0.05, 0.1) is 19.0 Å². The van der Waals surface area contributed by atoms with Crippen LogP contribution in [0.15, 0.2) is 34.1 Å². The van der Waals surface area contributed by atoms with Crippen molar-refractivity contribution in [2.45, 2.75) is 19.0 Å². The molecule has 0 saturated carbocycles. The van der Waals surface area contributed by atoms with Crippen LogP contribution in [0.4, 0.5) is 0 Å². The van der Waals surface area contributed by atoms with E-state index in [9.17, 15) is 14.4 Å². The van der Waals surface area contributed by atoms with Crippen molar-refractivity contribution in [2.75, 3.05) is 27.2 Å². The highest BCUT2D eigenvalue weighted by Gasteiger charge is 2.20. The highest BCUT2D eigenvalue weighted by atomic mass is 16.5. The van der Waals surface area contributed by atoms with E-state index in [1.54, 1.807) is 7.05 Å². The zero-order valence-corrected chi connectivity index (χ0v) is 18.1. The molecule has 10 heteroatoms. The van der Waals surface area contributed by atoms with Crippen molar-refractivity contribution >= 4 is 17.1 Å². The van der Waals surface area contributed by atoms with Gasteiger partial charge < -0.3 is 19.5 Å². The molecule has 0 radical (unpaired) electrons. The molecule has 1 unspecified atom stereocenters. The van der Waals surface area contributed by atoms with Crippen molar-refractivity contribution < 1.29 is 9.53 Å². The number of fused-ring (bicyclic) bond motifs is 2. The van der Waals surface area contributed by atoms with E-state index in [2.05, 4.69) is 21.3 Å². The predicted molar refractivity (Wildman–Crippen MR) is 115 cm³/mol. The number of carbonyl (C=O) groups excluding carboxylic acids is 1. The summed E-state index contributed by atoms with van der Waals surface area (Å²) in [6, 6.07) is 6.12. The first kappa shape index (κ1) is 20.9. The third kappa shape index (κ3) is 3.74. The maximum Gasteiger partial charge on any atom is 0.332 e. The van der Waals surface area contributed by atoms with Gasteiger partial charge in [0, 0.05) is 27.1 Å². The van der Waals surface area contributed by atoms with Crippen LogP contribution >= 0.6 is 0 Å². The van der Waals surface area contributed by atoms with Crippen molar-refractivity contribution in [3.05, 3.63) is 56.5 Å². The fourth-order valence-corrected chi connectivity index (χ4v) is 3.95. The average molecular weight is 426 g/mol. The summed E-state index contributed by atoms with van der Waals surface area (Å²) in [7, 11) is 6.89. The number of ether oxygens (including phenoxy) is 1. The van der Waals surface area contributed by atoms with Gasteiger partial charge in [-0.2, -0.15) is 0 Å². The number of nitrogens with one attached hydrogen (secondary N) is 1. The largest absolute Gasteiger partial charge is 0.493 e. The van der Waals surface area contributed by atoms with Crippen molar-refractivity contribution in [2.24, 2.45) is 14.1 Å². The Morgan fingerprint density at radius 2 is 2.03 bits per heavy atom. The second kappa shape index (κ2) is 8.03. The van der Waals surface area contributed by atoms with Gasteiger partial charge >= 0.3 is 5.69 Å². The Bertz CT molecular complexity index is 1270. The van der Waals surface area contributed by atoms with E-state index in [1.807, 2.05) is 26.2 Å². The molecule has 1 N–H and O–H groups in total. The number of benzene rings is 1. The molecule has 31 heavy (non-hydrogen) atoms. The van der Waals surface area contributed by atoms with Gasteiger partial charge in [0.25, 0.3) is 5.56 Å². The van der Waals surface area contributed by atoms with Gasteiger partial charge in [0.15, 0.2) is 11.2 Å². The summed E-state index contributed by atoms with van der Waals surface area (Å²) in [6.07, 6.45) is 2.30. The standard InChI is InChI=1S/C21H26N6O4/c1-24(2)15(13-5-6-16-14(9-13)7-8-31-16)10-22-17(28)11-27-12-23-19-18(27)20(29)26(4)21(30)25(19)3/h5-6,9,12,15H,7-8,10-11H2,1-4H3,(H,22,28). The molecule has 4 rings (SSSR count). The molecule has 0 saturated heterocycles. The van der Waals surface area contributed by atoms with Crippen LogP contribution in [0.1, 0.15) is 17.2 Å². The Kier molecular flexibility index (Phi) is 5.40. The SMILES string of the molecule is CN(C)C(CNC(=O)Cn1cnc2c1c(=O)n(C)c(=O)n2C)c1ccc2c(c1)CCO2. The Balaban J connectivity index is 1.51. The molecule has 1 aliphatic heterocycles. The lowest BCUT2D eigenvalue weighted by Crippen LogP contribution is -2.39. The number of aromatic nitrogens is 4. The topological polar surface area (TPSA) is 103 Å². The maximum atomic E-state index is 12.7. The van der Waals surface area contributed by atoms with Crippen LogP contribution in [-0.2, 0) is 31.9 Å². The van der Waals surface area contributed by atoms with Gasteiger partial charge in [-0.05, 0) is 31.3 Å². The Labute approximate surface area is 178 Å². The van der Waals surface area contributed by atoms with Crippen LogP contribution in [0, 0.1) is 0 Å². The number of rotatable bonds is 6. The molecule has 1 aromatic carbocycles. The van der Waals surface area contributed by atoms with Crippen molar-refractivity contribution in [1.29, 1.82) is 0 Å². The normalized spacial score (nSPS) is 14.0. The lowest BCUT2D eigenvalue weighted by Gasteiger charge is -2.25. The van der Waals surface area contributed by atoms with Gasteiger partial charge in [-0.1, -0.05) is 12.1 Å². The minimum absolute atomic E-state index is 0.0110. The van der Waals surface area contributed by atoms with Gasteiger partial charge in [-0.25, -0.2) is 9.78 Å². The number of nitrogens with zero attached hydrogens (tertiary/aromatic N) is 5. The number of likely N-dealkylation sites (N-methyl/N-ethyl adjacent to an activating group) is 1. The molecule has 0 fully saturated rings. The zero-order valence-electron chi connectivity index (χ0n) is 18.1. The zero-order chi connectivity index (χ0) is 22.3. The van der Waals surface area contributed by atoms with Crippen molar-refractivity contribution in [3.63, 3.8) is 0 Å². The molecule has 3 heterocycles. The molecule has 1 atom stereocenters. The van der Waals surface area contributed by atoms with Gasteiger partial charge in [0.2, 0.25) is 5.91 Å². The van der Waals surface area contributed by atoms with E-state index >= 15 is 0 Å². The van der Waals surface area contributed by atoms with E-state index in [-0.39, 0.29) is 29.7 Å². The maximum absolute atomic E-state index is 12.7. The number of hydrogen-bond acceptors (Lipinski definition) is 6. The number of hydrogen-bond donors (Lipinski definition) is 1. The molecule has 1 aliphatic rings. The van der Waals surface area contributed by atoms with Crippen LogP contribution in [0.2, 0.25) is 0 Å². The van der Waals surface area contributed by atoms with Crippen LogP contribution in [-0.4, -0.2) is 56.7 Å². The summed E-state index contributed by atoms with van der Waals surface area (Å²) in [6.45, 7) is 1.04. The molecule has 3 aromatic rings. The fraction of sp³-hybridized carbons (Fsp3) is 0.429. The summed E-state index contributed by atoms with van der Waals surface area (Å²) in [4.78, 5) is 43.5. The van der Waals surface area contributed by atoms with Crippen LogP contribution < -0.4 is 21.3 Å². The second-order valence-corrected chi connectivity index (χ2v) is 8.00. The molecular formula is C21H26N6O4. The smallest absolute Gasteiger partial charge is 0.332 e. The van der Waals surface area contributed by atoms with Gasteiger partial charge in [0.1, 0.15) is 12.3 Å². The highest BCUT2D eigenvalue weighted by Crippen LogP contribution is 2.29. The van der Waals surface area contributed by atoms with Gasteiger partial charge in [-0.15, -0.1) is 0 Å². The monoisotopic (exact) mass is 426 g/mol. The molecule has 1 amide bonds. The summed E-state index contributed by atoms with van der Waals surface area (Å²) < 4.78 is 9.36. The fourth-order valence-electron chi connectivity index (χ4n) is 3.95. The number of carbonyl (C=O) groups is 1. The molecule has 10 nitrogen and oxygen atoms in total. The summed E-state index contributed by atoms with van der Waals surface area (Å²) in [5, 5.41) is 2.96. The quantitative estimate of drug-likeness (QED) is 0.585. The summed E-state index contributed by atoms with van der Waals surface area (Å²) in [5.74, 6) is 0.680. The third-order valence-corrected chi connectivity index (χ3v) is 5.75. The van der Waals surface area contributed by atoms with Gasteiger partial charge in [-0.3, -0.25) is 18.7 Å². The molecule has 164 valence electrons. The Morgan fingerprint density at radius 1 is 1.26 bits per heavy atom.